The van der Waals surface area contributed by atoms with Crippen molar-refractivity contribution in [1.29, 1.82) is 0 Å². The highest BCUT2D eigenvalue weighted by atomic mass is 32.1. The highest BCUT2D eigenvalue weighted by Gasteiger charge is 2.07. The van der Waals surface area contributed by atoms with E-state index in [0.29, 0.717) is 5.13 Å². The summed E-state index contributed by atoms with van der Waals surface area (Å²) in [7, 11) is 1.85. The van der Waals surface area contributed by atoms with Gasteiger partial charge in [0.2, 0.25) is 0 Å². The molecule has 0 aliphatic heterocycles. The molecule has 13 heavy (non-hydrogen) atoms. The number of rotatable bonds is 1. The zero-order valence-corrected chi connectivity index (χ0v) is 7.98. The first-order chi connectivity index (χ1) is 6.22. The van der Waals surface area contributed by atoms with Crippen molar-refractivity contribution in [2.45, 2.75) is 0 Å². The van der Waals surface area contributed by atoms with E-state index in [2.05, 4.69) is 10.3 Å². The molecule has 4 nitrogen and oxygen atoms in total. The molecule has 5 N–H and O–H groups in total. The third-order valence-corrected chi connectivity index (χ3v) is 2.79. The first kappa shape index (κ1) is 8.12. The van der Waals surface area contributed by atoms with Gasteiger partial charge in [-0.05, 0) is 12.1 Å². The molecule has 0 bridgehead atoms. The lowest BCUT2D eigenvalue weighted by Crippen LogP contribution is -1.91. The normalized spacial score (nSPS) is 10.5. The number of nitrogens with one attached hydrogen (secondary N) is 1. The standard InChI is InChI=1S/C8H10N4S/c1-11-5-3-2-4(9)7-6(5)12-8(10)13-7/h2-3,11H,9H2,1H3,(H2,10,12). The van der Waals surface area contributed by atoms with Crippen LogP contribution in [0.25, 0.3) is 10.2 Å². The first-order valence-corrected chi connectivity index (χ1v) is 4.66. The Labute approximate surface area is 79.6 Å². The van der Waals surface area contributed by atoms with Gasteiger partial charge in [0.25, 0.3) is 0 Å². The molecule has 5 heteroatoms. The van der Waals surface area contributed by atoms with E-state index < -0.39 is 0 Å². The quantitative estimate of drug-likeness (QED) is 0.601. The van der Waals surface area contributed by atoms with Crippen molar-refractivity contribution in [3.63, 3.8) is 0 Å². The van der Waals surface area contributed by atoms with E-state index in [0.717, 1.165) is 21.6 Å². The van der Waals surface area contributed by atoms with E-state index in [4.69, 9.17) is 11.5 Å². The van der Waals surface area contributed by atoms with Crippen LogP contribution >= 0.6 is 11.3 Å². The topological polar surface area (TPSA) is 77.0 Å². The van der Waals surface area contributed by atoms with Crippen LogP contribution in [0.15, 0.2) is 12.1 Å². The number of nitrogens with zero attached hydrogens (tertiary/aromatic N) is 1. The predicted molar refractivity (Wildman–Crippen MR) is 58.0 cm³/mol. The summed E-state index contributed by atoms with van der Waals surface area (Å²) >= 11 is 1.41. The van der Waals surface area contributed by atoms with E-state index in [1.54, 1.807) is 0 Å². The highest BCUT2D eigenvalue weighted by molar-refractivity contribution is 7.22. The number of anilines is 3. The summed E-state index contributed by atoms with van der Waals surface area (Å²) in [5.74, 6) is 0. The molecular weight excluding hydrogens is 184 g/mol. The summed E-state index contributed by atoms with van der Waals surface area (Å²) in [6.45, 7) is 0. The second-order valence-corrected chi connectivity index (χ2v) is 3.71. The number of hydrogen-bond acceptors (Lipinski definition) is 5. The Bertz CT molecular complexity index is 449. The lowest BCUT2D eigenvalue weighted by atomic mass is 10.2. The summed E-state index contributed by atoms with van der Waals surface area (Å²) < 4.78 is 0.948. The minimum atomic E-state index is 0.546. The third kappa shape index (κ3) is 1.17. The minimum absolute atomic E-state index is 0.546. The first-order valence-electron chi connectivity index (χ1n) is 3.84. The Balaban J connectivity index is 2.83. The van der Waals surface area contributed by atoms with Crippen molar-refractivity contribution in [3.8, 4) is 0 Å². The van der Waals surface area contributed by atoms with Gasteiger partial charge in [-0.1, -0.05) is 11.3 Å². The summed E-state index contributed by atoms with van der Waals surface area (Å²) in [5, 5.41) is 3.59. The van der Waals surface area contributed by atoms with E-state index in [1.807, 2.05) is 19.2 Å². The summed E-state index contributed by atoms with van der Waals surface area (Å²) in [6.07, 6.45) is 0. The fourth-order valence-electron chi connectivity index (χ4n) is 1.24. The van der Waals surface area contributed by atoms with Gasteiger partial charge in [0.05, 0.1) is 16.1 Å². The van der Waals surface area contributed by atoms with E-state index in [9.17, 15) is 0 Å². The van der Waals surface area contributed by atoms with Gasteiger partial charge in [0.15, 0.2) is 5.13 Å². The van der Waals surface area contributed by atoms with E-state index in [1.165, 1.54) is 11.3 Å². The molecule has 0 unspecified atom stereocenters. The van der Waals surface area contributed by atoms with Crippen molar-refractivity contribution in [1.82, 2.24) is 4.98 Å². The fourth-order valence-corrected chi connectivity index (χ4v) is 2.03. The number of benzene rings is 1. The van der Waals surface area contributed by atoms with Gasteiger partial charge >= 0.3 is 0 Å². The highest BCUT2D eigenvalue weighted by Crippen LogP contribution is 2.33. The predicted octanol–water partition coefficient (Wildman–Crippen LogP) is 1.50. The maximum absolute atomic E-state index is 5.78. The Hall–Kier alpha value is -1.49. The molecule has 0 amide bonds. The average molecular weight is 194 g/mol. The van der Waals surface area contributed by atoms with Gasteiger partial charge in [-0.15, -0.1) is 0 Å². The molecule has 2 rings (SSSR count). The molecular formula is C8H10N4S. The molecule has 1 aromatic carbocycles. The number of fused-ring (bicyclic) bond motifs is 1. The van der Waals surface area contributed by atoms with E-state index >= 15 is 0 Å². The molecule has 0 aliphatic carbocycles. The van der Waals surface area contributed by atoms with Gasteiger partial charge in [-0.25, -0.2) is 4.98 Å². The zero-order chi connectivity index (χ0) is 9.42. The fraction of sp³-hybridized carbons (Fsp3) is 0.125. The molecule has 0 aliphatic rings. The van der Waals surface area contributed by atoms with Crippen LogP contribution in [-0.2, 0) is 0 Å². The molecule has 0 spiro atoms. The smallest absolute Gasteiger partial charge is 0.181 e. The minimum Gasteiger partial charge on any atom is -0.398 e. The summed E-state index contributed by atoms with van der Waals surface area (Å²) in [5.41, 5.74) is 13.9. The third-order valence-electron chi connectivity index (χ3n) is 1.86. The van der Waals surface area contributed by atoms with Crippen LogP contribution in [0, 0.1) is 0 Å². The molecule has 0 fully saturated rings. The van der Waals surface area contributed by atoms with Gasteiger partial charge in [0, 0.05) is 7.05 Å². The second kappa shape index (κ2) is 2.77. The molecule has 0 atom stereocenters. The van der Waals surface area contributed by atoms with Crippen LogP contribution < -0.4 is 16.8 Å². The van der Waals surface area contributed by atoms with Crippen LogP contribution in [0.3, 0.4) is 0 Å². The zero-order valence-electron chi connectivity index (χ0n) is 7.16. The van der Waals surface area contributed by atoms with E-state index in [-0.39, 0.29) is 0 Å². The Morgan fingerprint density at radius 1 is 1.38 bits per heavy atom. The number of thiazole rings is 1. The average Bonchev–Trinajstić information content (AvgIpc) is 2.48. The molecule has 68 valence electrons. The molecule has 1 heterocycles. The number of nitrogen functional groups attached to an aromatic ring is 2. The van der Waals surface area contributed by atoms with Crippen molar-refractivity contribution < 1.29 is 0 Å². The lowest BCUT2D eigenvalue weighted by molar-refractivity contribution is 1.46. The van der Waals surface area contributed by atoms with Crippen molar-refractivity contribution in [3.05, 3.63) is 12.1 Å². The largest absolute Gasteiger partial charge is 0.398 e. The number of hydrogen-bond donors (Lipinski definition) is 3. The molecule has 0 saturated carbocycles. The molecule has 1 aromatic heterocycles. The van der Waals surface area contributed by atoms with Crippen LogP contribution in [0.2, 0.25) is 0 Å². The molecule has 0 saturated heterocycles. The van der Waals surface area contributed by atoms with Gasteiger partial charge < -0.3 is 16.8 Å². The van der Waals surface area contributed by atoms with Crippen LogP contribution in [0.4, 0.5) is 16.5 Å². The monoisotopic (exact) mass is 194 g/mol. The van der Waals surface area contributed by atoms with Crippen molar-refractivity contribution >= 4 is 38.1 Å². The van der Waals surface area contributed by atoms with Crippen LogP contribution in [-0.4, -0.2) is 12.0 Å². The van der Waals surface area contributed by atoms with Gasteiger partial charge in [-0.3, -0.25) is 0 Å². The second-order valence-electron chi connectivity index (χ2n) is 2.68. The Morgan fingerprint density at radius 2 is 2.15 bits per heavy atom. The maximum atomic E-state index is 5.78. The van der Waals surface area contributed by atoms with Crippen molar-refractivity contribution in [2.75, 3.05) is 23.8 Å². The maximum Gasteiger partial charge on any atom is 0.181 e. The summed E-state index contributed by atoms with van der Waals surface area (Å²) in [4.78, 5) is 4.20. The van der Waals surface area contributed by atoms with Gasteiger partial charge in [0.1, 0.15) is 5.52 Å². The number of nitrogens with two attached hydrogens (primary N) is 2. The molecule has 0 radical (unpaired) electrons. The Kier molecular flexibility index (Phi) is 1.73. The van der Waals surface area contributed by atoms with Crippen molar-refractivity contribution in [2.24, 2.45) is 0 Å². The Morgan fingerprint density at radius 3 is 2.85 bits per heavy atom. The number of aromatic nitrogens is 1. The van der Waals surface area contributed by atoms with Crippen LogP contribution in [0.1, 0.15) is 0 Å². The SMILES string of the molecule is CNc1ccc(N)c2sc(N)nc12. The summed E-state index contributed by atoms with van der Waals surface area (Å²) in [6, 6.07) is 3.75. The lowest BCUT2D eigenvalue weighted by Gasteiger charge is -2.01. The van der Waals surface area contributed by atoms with Crippen LogP contribution in [0.5, 0.6) is 0 Å². The molecule has 2 aromatic rings. The van der Waals surface area contributed by atoms with Gasteiger partial charge in [-0.2, -0.15) is 0 Å².